The molecule has 3 rings (SSSR count). The summed E-state index contributed by atoms with van der Waals surface area (Å²) in [6.45, 7) is 3.91. The van der Waals surface area contributed by atoms with Gasteiger partial charge >= 0.3 is 0 Å². The van der Waals surface area contributed by atoms with Crippen molar-refractivity contribution in [1.29, 1.82) is 0 Å². The van der Waals surface area contributed by atoms with Gasteiger partial charge in [-0.3, -0.25) is 14.8 Å². The molecule has 2 aliphatic rings. The van der Waals surface area contributed by atoms with E-state index in [9.17, 15) is 4.79 Å². The average Bonchev–Trinajstić information content (AvgIpc) is 2.42. The number of amides is 1. The largest absolute Gasteiger partial charge is 0.497 e. The van der Waals surface area contributed by atoms with Crippen LogP contribution >= 0.6 is 11.8 Å². The van der Waals surface area contributed by atoms with Gasteiger partial charge in [0.1, 0.15) is 11.0 Å². The summed E-state index contributed by atoms with van der Waals surface area (Å²) < 4.78 is 5.22. The van der Waals surface area contributed by atoms with Gasteiger partial charge in [-0.1, -0.05) is 0 Å². The number of piperidine rings is 1. The van der Waals surface area contributed by atoms with E-state index in [1.807, 2.05) is 32.0 Å². The first-order valence-corrected chi connectivity index (χ1v) is 7.31. The maximum atomic E-state index is 12.4. The minimum atomic E-state index is -0.392. The van der Waals surface area contributed by atoms with Crippen LogP contribution in [0.25, 0.3) is 0 Å². The summed E-state index contributed by atoms with van der Waals surface area (Å²) >= 11 is 1.50. The van der Waals surface area contributed by atoms with E-state index >= 15 is 0 Å². The molecule has 2 N–H and O–H groups in total. The Kier molecular flexibility index (Phi) is 3.02. The van der Waals surface area contributed by atoms with Crippen molar-refractivity contribution in [3.8, 4) is 5.75 Å². The van der Waals surface area contributed by atoms with Crippen LogP contribution < -0.4 is 10.6 Å². The number of ether oxygens (including phenoxy) is 1. The second kappa shape index (κ2) is 4.49. The first-order valence-electron chi connectivity index (χ1n) is 6.43. The fourth-order valence-corrected chi connectivity index (χ4v) is 3.65. The molecule has 1 fully saturated rings. The third-order valence-corrected chi connectivity index (χ3v) is 5.00. The highest BCUT2D eigenvalue weighted by Crippen LogP contribution is 2.44. The fourth-order valence-electron chi connectivity index (χ4n) is 2.49. The van der Waals surface area contributed by atoms with Gasteiger partial charge in [-0.05, 0) is 32.0 Å². The van der Waals surface area contributed by atoms with Gasteiger partial charge in [0, 0.05) is 17.0 Å². The molecule has 106 valence electrons. The van der Waals surface area contributed by atoms with Crippen LogP contribution in [-0.2, 0) is 4.79 Å². The molecule has 0 aliphatic carbocycles. The van der Waals surface area contributed by atoms with Gasteiger partial charge in [-0.25, -0.2) is 5.84 Å². The van der Waals surface area contributed by atoms with Gasteiger partial charge in [-0.2, -0.15) is 0 Å². The first-order chi connectivity index (χ1) is 9.42. The number of hydrogen-bond donors (Lipinski definition) is 1. The van der Waals surface area contributed by atoms with Gasteiger partial charge < -0.3 is 4.74 Å². The second-order valence-corrected chi connectivity index (χ2v) is 6.78. The van der Waals surface area contributed by atoms with E-state index in [4.69, 9.17) is 10.6 Å². The van der Waals surface area contributed by atoms with Crippen LogP contribution in [0.3, 0.4) is 0 Å². The number of thioether (sulfide) groups is 1. The molecule has 2 heterocycles. The van der Waals surface area contributed by atoms with E-state index in [0.29, 0.717) is 6.42 Å². The highest BCUT2D eigenvalue weighted by Gasteiger charge is 2.45. The van der Waals surface area contributed by atoms with Crippen molar-refractivity contribution in [2.45, 2.75) is 36.0 Å². The van der Waals surface area contributed by atoms with Gasteiger partial charge in [-0.15, -0.1) is 11.8 Å². The molecule has 0 spiro atoms. The standard InChI is InChI=1S/C14H17N3O2S/c1-14(2)7-10-12(13(18)17(14)15)20-11-6-8(19-3)4-5-9(11)16-10/h4-6,12H,7,15H2,1-3H3. The molecule has 1 amide bonds. The zero-order valence-electron chi connectivity index (χ0n) is 11.7. The lowest BCUT2D eigenvalue weighted by molar-refractivity contribution is -0.136. The van der Waals surface area contributed by atoms with E-state index < -0.39 is 5.54 Å². The number of nitrogens with zero attached hydrogens (tertiary/aromatic N) is 2. The molecule has 5 nitrogen and oxygen atoms in total. The highest BCUT2D eigenvalue weighted by atomic mass is 32.2. The lowest BCUT2D eigenvalue weighted by Crippen LogP contribution is -2.62. The van der Waals surface area contributed by atoms with Crippen LogP contribution in [0.1, 0.15) is 20.3 Å². The van der Waals surface area contributed by atoms with Gasteiger partial charge in [0.25, 0.3) is 5.91 Å². The number of carbonyl (C=O) groups excluding carboxylic acids is 1. The number of fused-ring (bicyclic) bond motifs is 2. The van der Waals surface area contributed by atoms with Crippen LogP contribution in [0.4, 0.5) is 5.69 Å². The van der Waals surface area contributed by atoms with Crippen LogP contribution in [0, 0.1) is 0 Å². The summed E-state index contributed by atoms with van der Waals surface area (Å²) in [5.74, 6) is 6.61. The van der Waals surface area contributed by atoms with Gasteiger partial charge in [0.05, 0.1) is 18.3 Å². The Balaban J connectivity index is 2.03. The van der Waals surface area contributed by atoms with Gasteiger partial charge in [0.2, 0.25) is 0 Å². The Morgan fingerprint density at radius 1 is 1.50 bits per heavy atom. The molecule has 0 radical (unpaired) electrons. The van der Waals surface area contributed by atoms with Crippen LogP contribution in [-0.4, -0.2) is 34.5 Å². The van der Waals surface area contributed by atoms with Gasteiger partial charge in [0.15, 0.2) is 0 Å². The molecule has 1 saturated heterocycles. The van der Waals surface area contributed by atoms with Crippen LogP contribution in [0.15, 0.2) is 28.1 Å². The van der Waals surface area contributed by atoms with E-state index in [1.165, 1.54) is 16.8 Å². The van der Waals surface area contributed by atoms with Crippen molar-refractivity contribution in [2.24, 2.45) is 10.8 Å². The number of hydrogen-bond acceptors (Lipinski definition) is 5. The molecule has 0 bridgehead atoms. The Hall–Kier alpha value is -1.53. The topological polar surface area (TPSA) is 67.9 Å². The number of benzene rings is 1. The molecule has 20 heavy (non-hydrogen) atoms. The Morgan fingerprint density at radius 2 is 2.25 bits per heavy atom. The Labute approximate surface area is 122 Å². The van der Waals surface area contributed by atoms with Crippen LogP contribution in [0.5, 0.6) is 5.75 Å². The van der Waals surface area contributed by atoms with Crippen LogP contribution in [0.2, 0.25) is 0 Å². The van der Waals surface area contributed by atoms with Crippen molar-refractivity contribution >= 4 is 29.1 Å². The molecule has 1 unspecified atom stereocenters. The minimum Gasteiger partial charge on any atom is -0.497 e. The molecule has 2 aliphatic heterocycles. The third-order valence-electron chi connectivity index (χ3n) is 3.71. The smallest absolute Gasteiger partial charge is 0.256 e. The van der Waals surface area contributed by atoms with E-state index in [0.717, 1.165) is 22.0 Å². The van der Waals surface area contributed by atoms with Crippen molar-refractivity contribution in [3.63, 3.8) is 0 Å². The van der Waals surface area contributed by atoms with E-state index in [-0.39, 0.29) is 11.2 Å². The lowest BCUT2D eigenvalue weighted by atomic mass is 9.89. The lowest BCUT2D eigenvalue weighted by Gasteiger charge is -2.43. The van der Waals surface area contributed by atoms with Crippen molar-refractivity contribution in [2.75, 3.05) is 7.11 Å². The van der Waals surface area contributed by atoms with Crippen molar-refractivity contribution in [3.05, 3.63) is 18.2 Å². The predicted molar refractivity (Wildman–Crippen MR) is 79.5 cm³/mol. The monoisotopic (exact) mass is 291 g/mol. The highest BCUT2D eigenvalue weighted by molar-refractivity contribution is 8.01. The maximum absolute atomic E-state index is 12.4. The molecular formula is C14H17N3O2S. The Bertz CT molecular complexity index is 612. The summed E-state index contributed by atoms with van der Waals surface area (Å²) in [6, 6.07) is 5.72. The fraction of sp³-hybridized carbons (Fsp3) is 0.429. The summed E-state index contributed by atoms with van der Waals surface area (Å²) in [5.41, 5.74) is 1.41. The zero-order valence-corrected chi connectivity index (χ0v) is 12.5. The summed E-state index contributed by atoms with van der Waals surface area (Å²) in [5, 5.41) is 1.03. The quantitative estimate of drug-likeness (QED) is 0.636. The molecule has 0 saturated carbocycles. The molecule has 1 atom stereocenters. The Morgan fingerprint density at radius 3 is 2.95 bits per heavy atom. The molecule has 1 aromatic rings. The molecule has 0 aromatic heterocycles. The SMILES string of the molecule is COc1ccc2c(c1)SC1C(=O)N(N)C(C)(C)CC1=N2. The summed E-state index contributed by atoms with van der Waals surface area (Å²) in [4.78, 5) is 18.0. The summed E-state index contributed by atoms with van der Waals surface area (Å²) in [6.07, 6.45) is 0.693. The number of methoxy groups -OCH3 is 1. The predicted octanol–water partition coefficient (Wildman–Crippen LogP) is 2.13. The van der Waals surface area contributed by atoms with E-state index in [1.54, 1.807) is 7.11 Å². The number of nitrogens with two attached hydrogens (primary N) is 1. The number of rotatable bonds is 1. The normalized spacial score (nSPS) is 23.8. The second-order valence-electron chi connectivity index (χ2n) is 5.63. The van der Waals surface area contributed by atoms with Crippen molar-refractivity contribution < 1.29 is 9.53 Å². The zero-order chi connectivity index (χ0) is 14.5. The number of carbonyl (C=O) groups is 1. The number of aliphatic imine (C=N–C) groups is 1. The molecule has 6 heteroatoms. The van der Waals surface area contributed by atoms with E-state index in [2.05, 4.69) is 4.99 Å². The average molecular weight is 291 g/mol. The maximum Gasteiger partial charge on any atom is 0.256 e. The number of hydrazine groups is 1. The molecule has 1 aromatic carbocycles. The van der Waals surface area contributed by atoms with Crippen molar-refractivity contribution in [1.82, 2.24) is 5.01 Å². The summed E-state index contributed by atoms with van der Waals surface area (Å²) in [7, 11) is 1.62. The molecular weight excluding hydrogens is 274 g/mol. The minimum absolute atomic E-state index is 0.0848. The third kappa shape index (κ3) is 1.99. The first kappa shape index (κ1) is 13.5.